The van der Waals surface area contributed by atoms with Crippen LogP contribution in [-0.2, 0) is 13.6 Å². The topological polar surface area (TPSA) is 109 Å². The smallest absolute Gasteiger partial charge is 0.351 e. The molecule has 2 rings (SSSR count). The second kappa shape index (κ2) is 8.71. The molecule has 10 heteroatoms. The summed E-state index contributed by atoms with van der Waals surface area (Å²) in [6, 6.07) is 1.54. The van der Waals surface area contributed by atoms with Crippen LogP contribution in [0.4, 0.5) is 5.82 Å². The van der Waals surface area contributed by atoms with Crippen LogP contribution in [0.1, 0.15) is 47.8 Å². The van der Waals surface area contributed by atoms with E-state index in [1.165, 1.54) is 4.57 Å². The fourth-order valence-electron chi connectivity index (χ4n) is 2.85. The van der Waals surface area contributed by atoms with Gasteiger partial charge in [-0.2, -0.15) is 4.98 Å². The van der Waals surface area contributed by atoms with Crippen molar-refractivity contribution >= 4 is 22.5 Å². The SMILES string of the molecule is CC(C)(C)[Si](C)(C)OC[C@H]1O[C@@H](n2ccc(N)nc2=O)[C@H](O[Si](C)(C)C(C)(C)C)[C@@H]1O. The monoisotopic (exact) mass is 471 g/mol. The molecule has 31 heavy (non-hydrogen) atoms. The van der Waals surface area contributed by atoms with Crippen molar-refractivity contribution in [3.05, 3.63) is 22.7 Å². The molecule has 1 aliphatic heterocycles. The molecule has 1 fully saturated rings. The third-order valence-electron chi connectivity index (χ3n) is 7.09. The Morgan fingerprint density at radius 1 is 1.13 bits per heavy atom. The average molecular weight is 472 g/mol. The Bertz CT molecular complexity index is 830. The van der Waals surface area contributed by atoms with Crippen LogP contribution in [0.5, 0.6) is 0 Å². The highest BCUT2D eigenvalue weighted by Gasteiger charge is 2.51. The van der Waals surface area contributed by atoms with E-state index in [-0.39, 0.29) is 22.5 Å². The van der Waals surface area contributed by atoms with Crippen molar-refractivity contribution in [2.24, 2.45) is 0 Å². The Kier molecular flexibility index (Phi) is 7.37. The van der Waals surface area contributed by atoms with Gasteiger partial charge >= 0.3 is 5.69 Å². The summed E-state index contributed by atoms with van der Waals surface area (Å²) in [6.45, 7) is 21.7. The van der Waals surface area contributed by atoms with Crippen LogP contribution in [-0.4, -0.2) is 56.2 Å². The van der Waals surface area contributed by atoms with E-state index in [4.69, 9.17) is 19.3 Å². The number of hydrogen-bond acceptors (Lipinski definition) is 7. The predicted molar refractivity (Wildman–Crippen MR) is 128 cm³/mol. The van der Waals surface area contributed by atoms with Crippen molar-refractivity contribution in [1.82, 2.24) is 9.55 Å². The number of nitrogen functional groups attached to an aromatic ring is 1. The van der Waals surface area contributed by atoms with Crippen LogP contribution in [0.2, 0.25) is 36.3 Å². The van der Waals surface area contributed by atoms with Gasteiger partial charge in [0.05, 0.1) is 6.61 Å². The molecule has 0 saturated carbocycles. The number of aliphatic hydroxyl groups is 1. The Hall–Kier alpha value is -1.05. The molecule has 1 aliphatic rings. The van der Waals surface area contributed by atoms with Gasteiger partial charge in [0, 0.05) is 6.20 Å². The molecule has 1 aromatic rings. The van der Waals surface area contributed by atoms with Crippen molar-refractivity contribution in [1.29, 1.82) is 0 Å². The highest BCUT2D eigenvalue weighted by molar-refractivity contribution is 6.74. The van der Waals surface area contributed by atoms with Crippen molar-refractivity contribution in [2.45, 2.75) is 102 Å². The van der Waals surface area contributed by atoms with E-state index in [2.05, 4.69) is 72.7 Å². The maximum absolute atomic E-state index is 12.5. The summed E-state index contributed by atoms with van der Waals surface area (Å²) in [6.07, 6.45) is -1.53. The summed E-state index contributed by atoms with van der Waals surface area (Å²) >= 11 is 0. The summed E-state index contributed by atoms with van der Waals surface area (Å²) in [5.41, 5.74) is 5.12. The molecule has 178 valence electrons. The number of anilines is 1. The lowest BCUT2D eigenvalue weighted by molar-refractivity contribution is -0.0513. The van der Waals surface area contributed by atoms with Crippen molar-refractivity contribution in [3.8, 4) is 0 Å². The van der Waals surface area contributed by atoms with E-state index in [0.29, 0.717) is 0 Å². The second-order valence-electron chi connectivity index (χ2n) is 11.5. The van der Waals surface area contributed by atoms with E-state index in [0.717, 1.165) is 0 Å². The molecule has 0 unspecified atom stereocenters. The summed E-state index contributed by atoms with van der Waals surface area (Å²) in [7, 11) is -4.31. The molecule has 1 saturated heterocycles. The van der Waals surface area contributed by atoms with Gasteiger partial charge in [0.1, 0.15) is 24.1 Å². The van der Waals surface area contributed by atoms with Gasteiger partial charge in [-0.25, -0.2) is 4.79 Å². The van der Waals surface area contributed by atoms with Gasteiger partial charge < -0.3 is 24.4 Å². The van der Waals surface area contributed by atoms with Crippen LogP contribution in [0, 0.1) is 0 Å². The molecule has 4 atom stereocenters. The Balaban J connectivity index is 2.36. The Labute approximate surface area is 188 Å². The van der Waals surface area contributed by atoms with Crippen LogP contribution in [0.25, 0.3) is 0 Å². The van der Waals surface area contributed by atoms with Gasteiger partial charge in [0.25, 0.3) is 0 Å². The molecule has 0 bridgehead atoms. The molecule has 0 aliphatic carbocycles. The Morgan fingerprint density at radius 2 is 1.68 bits per heavy atom. The van der Waals surface area contributed by atoms with Crippen LogP contribution >= 0.6 is 0 Å². The zero-order chi connectivity index (χ0) is 24.0. The lowest BCUT2D eigenvalue weighted by Crippen LogP contribution is -2.50. The van der Waals surface area contributed by atoms with Crippen LogP contribution in [0.3, 0.4) is 0 Å². The second-order valence-corrected chi connectivity index (χ2v) is 21.1. The first-order valence-corrected chi connectivity index (χ1v) is 16.7. The minimum atomic E-state index is -2.27. The summed E-state index contributed by atoms with van der Waals surface area (Å²) in [5.74, 6) is 0.138. The minimum absolute atomic E-state index is 0.0326. The fourth-order valence-corrected chi connectivity index (χ4v) is 5.15. The molecule has 3 N–H and O–H groups in total. The van der Waals surface area contributed by atoms with E-state index < -0.39 is 46.9 Å². The molecule has 0 radical (unpaired) electrons. The van der Waals surface area contributed by atoms with Gasteiger partial charge in [-0.15, -0.1) is 0 Å². The number of aliphatic hydroxyl groups excluding tert-OH is 1. The highest BCUT2D eigenvalue weighted by atomic mass is 28.4. The maximum atomic E-state index is 12.5. The van der Waals surface area contributed by atoms with E-state index in [9.17, 15) is 9.90 Å². The van der Waals surface area contributed by atoms with Gasteiger partial charge in [-0.1, -0.05) is 41.5 Å². The third kappa shape index (κ3) is 5.66. The highest BCUT2D eigenvalue weighted by Crippen LogP contribution is 2.42. The quantitative estimate of drug-likeness (QED) is 0.611. The molecule has 2 heterocycles. The number of nitrogens with two attached hydrogens (primary N) is 1. The third-order valence-corrected chi connectivity index (χ3v) is 16.1. The molecular formula is C21H41N3O5Si2. The largest absolute Gasteiger partial charge is 0.414 e. The zero-order valence-corrected chi connectivity index (χ0v) is 22.7. The van der Waals surface area contributed by atoms with Crippen molar-refractivity contribution in [2.75, 3.05) is 12.3 Å². The number of nitrogens with zero attached hydrogens (tertiary/aromatic N) is 2. The van der Waals surface area contributed by atoms with E-state index in [1.54, 1.807) is 12.3 Å². The molecule has 8 nitrogen and oxygen atoms in total. The van der Waals surface area contributed by atoms with Gasteiger partial charge in [-0.05, 0) is 42.3 Å². The lowest BCUT2D eigenvalue weighted by atomic mass is 10.1. The van der Waals surface area contributed by atoms with Crippen molar-refractivity contribution < 1.29 is 18.7 Å². The first-order valence-electron chi connectivity index (χ1n) is 10.9. The summed E-state index contributed by atoms with van der Waals surface area (Å²) in [4.78, 5) is 16.4. The normalized spacial score (nSPS) is 25.8. The maximum Gasteiger partial charge on any atom is 0.351 e. The standard InChI is InChI=1S/C21H41N3O5Si2/c1-20(2,3)30(7,8)27-13-14-16(25)17(29-31(9,10)21(4,5)6)18(28-14)24-12-11-15(22)23-19(24)26/h11-12,14,16-18,25H,13H2,1-10H3,(H2,22,23,26)/t14-,16-,17-,18-/m1/s1. The molecule has 1 aromatic heterocycles. The lowest BCUT2D eigenvalue weighted by Gasteiger charge is -2.40. The molecule has 0 aromatic carbocycles. The van der Waals surface area contributed by atoms with Crippen molar-refractivity contribution in [3.63, 3.8) is 0 Å². The van der Waals surface area contributed by atoms with Crippen LogP contribution in [0.15, 0.2) is 17.1 Å². The van der Waals surface area contributed by atoms with Gasteiger partial charge in [0.2, 0.25) is 0 Å². The Morgan fingerprint density at radius 3 is 2.16 bits per heavy atom. The first kappa shape index (κ1) is 26.2. The fraction of sp³-hybridized carbons (Fsp3) is 0.810. The van der Waals surface area contributed by atoms with E-state index >= 15 is 0 Å². The van der Waals surface area contributed by atoms with E-state index in [1.807, 2.05) is 0 Å². The van der Waals surface area contributed by atoms with Gasteiger partial charge in [-0.3, -0.25) is 4.57 Å². The number of aromatic nitrogens is 2. The van der Waals surface area contributed by atoms with Gasteiger partial charge in [0.15, 0.2) is 22.9 Å². The molecule has 0 spiro atoms. The number of rotatable bonds is 6. The summed E-state index contributed by atoms with van der Waals surface area (Å²) < 4.78 is 20.4. The molecular weight excluding hydrogens is 430 g/mol. The number of hydrogen-bond donors (Lipinski definition) is 2. The zero-order valence-electron chi connectivity index (χ0n) is 20.7. The number of ether oxygens (including phenoxy) is 1. The van der Waals surface area contributed by atoms with Crippen LogP contribution < -0.4 is 11.4 Å². The average Bonchev–Trinajstić information content (AvgIpc) is 2.87. The first-order chi connectivity index (χ1) is 13.9. The summed E-state index contributed by atoms with van der Waals surface area (Å²) in [5, 5.41) is 11.2. The minimum Gasteiger partial charge on any atom is -0.414 e. The predicted octanol–water partition coefficient (Wildman–Crippen LogP) is 3.50. The molecule has 0 amide bonds.